The van der Waals surface area contributed by atoms with E-state index in [-0.39, 0.29) is 17.0 Å². The minimum Gasteiger partial charge on any atom is -0.497 e. The summed E-state index contributed by atoms with van der Waals surface area (Å²) >= 11 is 0. The number of carbonyl (C=O) groups excluding carboxylic acids is 2. The monoisotopic (exact) mass is 463 g/mol. The van der Waals surface area contributed by atoms with Gasteiger partial charge in [0.2, 0.25) is 5.56 Å². The largest absolute Gasteiger partial charge is 0.497 e. The molecule has 8 heteroatoms. The van der Waals surface area contributed by atoms with Crippen molar-refractivity contribution in [3.8, 4) is 5.75 Å². The molecule has 2 aromatic carbocycles. The quantitative estimate of drug-likeness (QED) is 0.526. The molecule has 0 radical (unpaired) electrons. The Morgan fingerprint density at radius 1 is 0.970 bits per heavy atom. The van der Waals surface area contributed by atoms with E-state index in [4.69, 9.17) is 4.74 Å². The van der Waals surface area contributed by atoms with E-state index in [0.29, 0.717) is 17.0 Å². The molecule has 0 bridgehead atoms. The van der Waals surface area contributed by atoms with E-state index < -0.39 is 20.0 Å². The number of hydrogen-bond acceptors (Lipinski definition) is 4. The van der Waals surface area contributed by atoms with Crippen LogP contribution in [0.25, 0.3) is 0 Å². The number of methoxy groups -OCH3 is 1. The van der Waals surface area contributed by atoms with Crippen LogP contribution >= 0.6 is 0 Å². The Hall–Kier alpha value is -3.65. The Labute approximate surface area is 194 Å². The maximum absolute atomic E-state index is 13.4. The second kappa shape index (κ2) is 9.87. The van der Waals surface area contributed by atoms with Gasteiger partial charge >= 0.3 is 0 Å². The van der Waals surface area contributed by atoms with Gasteiger partial charge in [-0.25, -0.2) is 0 Å². The number of carbonyl (C=O) groups is 2. The maximum atomic E-state index is 13.4. The minimum absolute atomic E-state index is 0.280. The number of rotatable bonds is 7. The number of hydrogen-bond donors (Lipinski definition) is 2. The molecule has 0 saturated carbocycles. The molecule has 0 saturated heterocycles. The van der Waals surface area contributed by atoms with E-state index in [1.807, 2.05) is 24.3 Å². The first-order valence-electron chi connectivity index (χ1n) is 10.6. The first-order chi connectivity index (χ1) is 15.6. The van der Waals surface area contributed by atoms with Crippen molar-refractivity contribution in [3.63, 3.8) is 0 Å². The van der Waals surface area contributed by atoms with Crippen molar-refractivity contribution in [2.75, 3.05) is 19.5 Å². The third-order valence-electron chi connectivity index (χ3n) is 5.44. The van der Waals surface area contributed by atoms with Gasteiger partial charge in [-0.05, 0) is 35.9 Å². The summed E-state index contributed by atoms with van der Waals surface area (Å²) in [6.07, 6.45) is 1.35. The lowest BCUT2D eigenvalue weighted by Crippen LogP contribution is -2.39. The van der Waals surface area contributed by atoms with E-state index in [1.54, 1.807) is 38.4 Å². The SMILES string of the molecule is COc1ccc(C(C(=O)Nc2ccc([Si](C)(C)C)cc2)N(C)C(=O)c2ccc(=O)[nH]c2)cc1. The predicted octanol–water partition coefficient (Wildman–Crippen LogP) is 3.38. The predicted molar refractivity (Wildman–Crippen MR) is 133 cm³/mol. The summed E-state index contributed by atoms with van der Waals surface area (Å²) in [4.78, 5) is 41.7. The minimum atomic E-state index is -1.46. The van der Waals surface area contributed by atoms with E-state index in [2.05, 4.69) is 29.9 Å². The zero-order chi connectivity index (χ0) is 24.2. The molecule has 1 heterocycles. The second-order valence-corrected chi connectivity index (χ2v) is 13.9. The zero-order valence-corrected chi connectivity index (χ0v) is 20.5. The fourth-order valence-electron chi connectivity index (χ4n) is 3.47. The molecule has 172 valence electrons. The molecule has 1 atom stereocenters. The second-order valence-electron chi connectivity index (χ2n) is 8.85. The molecule has 2 N–H and O–H groups in total. The Morgan fingerprint density at radius 3 is 2.12 bits per heavy atom. The van der Waals surface area contributed by atoms with Crippen LogP contribution < -0.4 is 20.8 Å². The van der Waals surface area contributed by atoms with Crippen molar-refractivity contribution in [1.82, 2.24) is 9.88 Å². The molecule has 0 aliphatic heterocycles. The highest BCUT2D eigenvalue weighted by atomic mass is 28.3. The Balaban J connectivity index is 1.91. The van der Waals surface area contributed by atoms with Gasteiger partial charge < -0.3 is 19.9 Å². The zero-order valence-electron chi connectivity index (χ0n) is 19.5. The number of aromatic amines is 1. The van der Waals surface area contributed by atoms with Crippen molar-refractivity contribution in [2.45, 2.75) is 25.7 Å². The number of likely N-dealkylation sites (N-methyl/N-ethyl adjacent to an activating group) is 1. The molecule has 1 aromatic heterocycles. The van der Waals surface area contributed by atoms with E-state index in [0.717, 1.165) is 0 Å². The summed E-state index contributed by atoms with van der Waals surface area (Å²) in [6, 6.07) is 16.7. The van der Waals surface area contributed by atoms with Crippen molar-refractivity contribution >= 4 is 30.8 Å². The van der Waals surface area contributed by atoms with Crippen molar-refractivity contribution in [2.24, 2.45) is 0 Å². The lowest BCUT2D eigenvalue weighted by Gasteiger charge is -2.28. The van der Waals surface area contributed by atoms with Gasteiger partial charge in [-0.15, -0.1) is 0 Å². The lowest BCUT2D eigenvalue weighted by atomic mass is 10.0. The summed E-state index contributed by atoms with van der Waals surface area (Å²) in [6.45, 7) is 6.78. The van der Waals surface area contributed by atoms with Crippen molar-refractivity contribution in [3.05, 3.63) is 88.3 Å². The molecular weight excluding hydrogens is 434 g/mol. The number of pyridine rings is 1. The van der Waals surface area contributed by atoms with E-state index >= 15 is 0 Å². The molecule has 0 aliphatic carbocycles. The molecule has 0 fully saturated rings. The number of amides is 2. The number of aromatic nitrogens is 1. The van der Waals surface area contributed by atoms with Crippen LogP contribution in [-0.4, -0.2) is 43.9 Å². The van der Waals surface area contributed by atoms with E-state index in [1.165, 1.54) is 28.4 Å². The number of nitrogens with one attached hydrogen (secondary N) is 2. The molecule has 2 amide bonds. The highest BCUT2D eigenvalue weighted by molar-refractivity contribution is 6.88. The van der Waals surface area contributed by atoms with Crippen molar-refractivity contribution in [1.29, 1.82) is 0 Å². The van der Waals surface area contributed by atoms with Crippen LogP contribution in [0, 0.1) is 0 Å². The summed E-state index contributed by atoms with van der Waals surface area (Å²) in [5.74, 6) is -0.0908. The molecule has 7 nitrogen and oxygen atoms in total. The highest BCUT2D eigenvalue weighted by Gasteiger charge is 2.30. The van der Waals surface area contributed by atoms with Gasteiger partial charge in [0.25, 0.3) is 11.8 Å². The molecule has 1 unspecified atom stereocenters. The van der Waals surface area contributed by atoms with Gasteiger partial charge in [-0.3, -0.25) is 14.4 Å². The van der Waals surface area contributed by atoms with Gasteiger partial charge in [0.15, 0.2) is 0 Å². The average molecular weight is 464 g/mol. The number of nitrogens with zero attached hydrogens (tertiary/aromatic N) is 1. The van der Waals surface area contributed by atoms with Gasteiger partial charge in [0.05, 0.1) is 20.7 Å². The van der Waals surface area contributed by atoms with Crippen LogP contribution in [0.5, 0.6) is 5.75 Å². The van der Waals surface area contributed by atoms with Crippen LogP contribution in [0.4, 0.5) is 5.69 Å². The van der Waals surface area contributed by atoms with Gasteiger partial charge in [-0.1, -0.05) is 49.1 Å². The molecule has 3 aromatic rings. The molecular formula is C25H29N3O4Si. The van der Waals surface area contributed by atoms with Gasteiger partial charge in [-0.2, -0.15) is 0 Å². The van der Waals surface area contributed by atoms with Gasteiger partial charge in [0, 0.05) is 25.0 Å². The number of H-pyrrole nitrogens is 1. The Morgan fingerprint density at radius 2 is 1.61 bits per heavy atom. The summed E-state index contributed by atoms with van der Waals surface area (Å²) in [5.41, 5.74) is 1.26. The third kappa shape index (κ3) is 5.78. The first-order valence-corrected chi connectivity index (χ1v) is 14.1. The lowest BCUT2D eigenvalue weighted by molar-refractivity contribution is -0.120. The van der Waals surface area contributed by atoms with Crippen LogP contribution in [0.3, 0.4) is 0 Å². The summed E-state index contributed by atoms with van der Waals surface area (Å²) in [5, 5.41) is 4.23. The molecule has 33 heavy (non-hydrogen) atoms. The van der Waals surface area contributed by atoms with Crippen LogP contribution in [0.2, 0.25) is 19.6 Å². The fourth-order valence-corrected chi connectivity index (χ4v) is 4.63. The van der Waals surface area contributed by atoms with Crippen LogP contribution in [0.15, 0.2) is 71.7 Å². The Bertz CT molecular complexity index is 1160. The Kier molecular flexibility index (Phi) is 7.18. The third-order valence-corrected chi connectivity index (χ3v) is 7.50. The topological polar surface area (TPSA) is 91.5 Å². The van der Waals surface area contributed by atoms with Crippen LogP contribution in [-0.2, 0) is 4.79 Å². The maximum Gasteiger partial charge on any atom is 0.256 e. The first kappa shape index (κ1) is 24.0. The summed E-state index contributed by atoms with van der Waals surface area (Å²) in [7, 11) is 1.67. The normalized spacial score (nSPS) is 12.0. The summed E-state index contributed by atoms with van der Waals surface area (Å²) < 4.78 is 5.22. The average Bonchev–Trinajstić information content (AvgIpc) is 2.79. The number of anilines is 1. The number of ether oxygens (including phenoxy) is 1. The highest BCUT2D eigenvalue weighted by Crippen LogP contribution is 2.25. The fraction of sp³-hybridized carbons (Fsp3) is 0.240. The molecule has 0 spiro atoms. The van der Waals surface area contributed by atoms with Gasteiger partial charge in [0.1, 0.15) is 11.8 Å². The van der Waals surface area contributed by atoms with E-state index in [9.17, 15) is 14.4 Å². The molecule has 0 aliphatic rings. The standard InChI is InChI=1S/C25H29N3O4Si/c1-28(25(31)18-8-15-22(29)26-16-18)23(17-6-11-20(32-2)12-7-17)24(30)27-19-9-13-21(14-10-19)33(3,4)5/h6-16,23H,1-5H3,(H,26,29)(H,27,30). The van der Waals surface area contributed by atoms with Crippen LogP contribution in [0.1, 0.15) is 22.0 Å². The van der Waals surface area contributed by atoms with Crippen molar-refractivity contribution < 1.29 is 14.3 Å². The number of benzene rings is 2. The molecule has 3 rings (SSSR count). The smallest absolute Gasteiger partial charge is 0.256 e.